The number of carbonyl (C=O) groups is 3. The van der Waals surface area contributed by atoms with Crippen molar-refractivity contribution < 1.29 is 28.6 Å². The monoisotopic (exact) mass is 901 g/mol. The molecule has 6 nitrogen and oxygen atoms in total. The fraction of sp³-hybridized carbons (Fsp3) is 0.644. The molecule has 0 N–H and O–H groups in total. The molecular weight excluding hydrogens is 805 g/mol. The third kappa shape index (κ3) is 50.9. The molecule has 0 saturated carbocycles. The van der Waals surface area contributed by atoms with Crippen molar-refractivity contribution in [3.8, 4) is 0 Å². The zero-order valence-electron chi connectivity index (χ0n) is 42.0. The highest BCUT2D eigenvalue weighted by molar-refractivity contribution is 5.72. The van der Waals surface area contributed by atoms with E-state index in [1.807, 2.05) is 6.08 Å². The summed E-state index contributed by atoms with van der Waals surface area (Å²) in [5.41, 5.74) is 0. The third-order valence-corrected chi connectivity index (χ3v) is 10.8. The van der Waals surface area contributed by atoms with Crippen LogP contribution in [0.5, 0.6) is 0 Å². The van der Waals surface area contributed by atoms with Crippen molar-refractivity contribution in [3.05, 3.63) is 109 Å². The van der Waals surface area contributed by atoms with E-state index in [2.05, 4.69) is 118 Å². The predicted octanol–water partition coefficient (Wildman–Crippen LogP) is 17.5. The molecule has 0 amide bonds. The number of unbranched alkanes of at least 4 members (excludes halogenated alkanes) is 18. The Labute approximate surface area is 400 Å². The number of allylic oxidation sites excluding steroid dienone is 17. The van der Waals surface area contributed by atoms with E-state index < -0.39 is 12.1 Å². The van der Waals surface area contributed by atoms with Crippen molar-refractivity contribution in [1.29, 1.82) is 0 Å². The number of hydrogen-bond acceptors (Lipinski definition) is 6. The van der Waals surface area contributed by atoms with E-state index in [1.165, 1.54) is 77.0 Å². The highest BCUT2D eigenvalue weighted by Gasteiger charge is 2.19. The van der Waals surface area contributed by atoms with E-state index in [4.69, 9.17) is 14.2 Å². The van der Waals surface area contributed by atoms with E-state index >= 15 is 0 Å². The Bertz CT molecular complexity index is 1360. The molecule has 0 aliphatic heterocycles. The summed E-state index contributed by atoms with van der Waals surface area (Å²) < 4.78 is 16.7. The second-order valence-corrected chi connectivity index (χ2v) is 17.0. The molecule has 0 bridgehead atoms. The van der Waals surface area contributed by atoms with Crippen molar-refractivity contribution >= 4 is 17.9 Å². The highest BCUT2D eigenvalue weighted by atomic mass is 16.6. The number of hydrogen-bond donors (Lipinski definition) is 0. The van der Waals surface area contributed by atoms with Crippen LogP contribution in [0, 0.1) is 0 Å². The summed E-state index contributed by atoms with van der Waals surface area (Å²) in [7, 11) is 0. The SMILES string of the molecule is CC/C=C\C/C=C\C/C=C\C/C=C\C/C=C\CC(=O)OC(COC(=O)CCCCCCCC/C=C\C/C=C\C/C=C\C/C=C\CC)COC(=O)CCCCCCCCCCCCCCC. The average Bonchev–Trinajstić information content (AvgIpc) is 3.30. The smallest absolute Gasteiger partial charge is 0.310 e. The Morgan fingerprint density at radius 1 is 0.338 bits per heavy atom. The van der Waals surface area contributed by atoms with Gasteiger partial charge in [-0.25, -0.2) is 0 Å². The number of carbonyl (C=O) groups excluding carboxylic acids is 3. The number of ether oxygens (including phenoxy) is 3. The molecule has 0 aromatic heterocycles. The molecule has 0 rings (SSSR count). The highest BCUT2D eigenvalue weighted by Crippen LogP contribution is 2.14. The van der Waals surface area contributed by atoms with E-state index in [0.717, 1.165) is 103 Å². The van der Waals surface area contributed by atoms with Crippen molar-refractivity contribution in [3.63, 3.8) is 0 Å². The van der Waals surface area contributed by atoms with Gasteiger partial charge in [0.1, 0.15) is 13.2 Å². The Morgan fingerprint density at radius 2 is 0.646 bits per heavy atom. The Kier molecular flexibility index (Phi) is 49.5. The van der Waals surface area contributed by atoms with Gasteiger partial charge in [-0.05, 0) is 83.5 Å². The topological polar surface area (TPSA) is 78.9 Å². The van der Waals surface area contributed by atoms with Crippen LogP contribution in [0.15, 0.2) is 109 Å². The molecule has 0 heterocycles. The summed E-state index contributed by atoms with van der Waals surface area (Å²) in [6, 6.07) is 0. The van der Waals surface area contributed by atoms with Gasteiger partial charge in [0.25, 0.3) is 0 Å². The van der Waals surface area contributed by atoms with Crippen LogP contribution in [0.25, 0.3) is 0 Å². The van der Waals surface area contributed by atoms with Gasteiger partial charge in [-0.3, -0.25) is 14.4 Å². The van der Waals surface area contributed by atoms with Gasteiger partial charge in [0.05, 0.1) is 6.42 Å². The fourth-order valence-electron chi connectivity index (χ4n) is 6.92. The number of rotatable bonds is 46. The normalized spacial score (nSPS) is 13.0. The van der Waals surface area contributed by atoms with Crippen LogP contribution < -0.4 is 0 Å². The fourth-order valence-corrected chi connectivity index (χ4v) is 6.92. The molecule has 65 heavy (non-hydrogen) atoms. The van der Waals surface area contributed by atoms with Gasteiger partial charge in [-0.15, -0.1) is 0 Å². The van der Waals surface area contributed by atoms with E-state index in [9.17, 15) is 14.4 Å². The lowest BCUT2D eigenvalue weighted by Gasteiger charge is -2.18. The first-order valence-electron chi connectivity index (χ1n) is 26.4. The van der Waals surface area contributed by atoms with E-state index in [1.54, 1.807) is 6.08 Å². The molecule has 1 atom stereocenters. The molecule has 0 aromatic carbocycles. The summed E-state index contributed by atoms with van der Waals surface area (Å²) in [5, 5.41) is 0. The van der Waals surface area contributed by atoms with Gasteiger partial charge in [-0.1, -0.05) is 233 Å². The van der Waals surface area contributed by atoms with Gasteiger partial charge in [0.2, 0.25) is 0 Å². The van der Waals surface area contributed by atoms with Crippen LogP contribution in [0.3, 0.4) is 0 Å². The molecule has 1 unspecified atom stereocenters. The maximum Gasteiger partial charge on any atom is 0.310 e. The molecule has 368 valence electrons. The summed E-state index contributed by atoms with van der Waals surface area (Å²) in [6.45, 7) is 6.31. The van der Waals surface area contributed by atoms with Crippen molar-refractivity contribution in [2.45, 2.75) is 232 Å². The minimum Gasteiger partial charge on any atom is -0.462 e. The standard InChI is InChI=1S/C59H96O6/c1-4-7-10-13-16-19-22-25-27-28-29-30-32-34-37-40-43-46-49-52-58(61)64-55-56(54-63-57(60)51-48-45-42-39-36-33-24-21-18-15-12-9-6-3)65-59(62)53-50-47-44-41-38-35-31-26-23-20-17-14-11-8-5-2/h7-8,10-11,16-17,19-20,25-27,29-31,38,41,47,50,56H,4-6,9,12-15,18,21-24,28,32-37,39-40,42-46,48-49,51-55H2,1-3H3/b10-7-,11-8-,19-16-,20-17-,27-25-,30-29-,31-26-,41-38-,50-47-. The van der Waals surface area contributed by atoms with Crippen molar-refractivity contribution in [2.75, 3.05) is 13.2 Å². The summed E-state index contributed by atoms with van der Waals surface area (Å²) in [6.07, 6.45) is 71.0. The van der Waals surface area contributed by atoms with Crippen molar-refractivity contribution in [1.82, 2.24) is 0 Å². The zero-order valence-corrected chi connectivity index (χ0v) is 42.0. The van der Waals surface area contributed by atoms with Crippen LogP contribution in [-0.4, -0.2) is 37.2 Å². The Morgan fingerprint density at radius 3 is 1.02 bits per heavy atom. The summed E-state index contributed by atoms with van der Waals surface area (Å²) >= 11 is 0. The van der Waals surface area contributed by atoms with Gasteiger partial charge < -0.3 is 14.2 Å². The summed E-state index contributed by atoms with van der Waals surface area (Å²) in [4.78, 5) is 38.0. The molecule has 0 aliphatic rings. The van der Waals surface area contributed by atoms with Gasteiger partial charge in [0.15, 0.2) is 6.10 Å². The lowest BCUT2D eigenvalue weighted by molar-refractivity contribution is -0.166. The minimum atomic E-state index is -0.838. The van der Waals surface area contributed by atoms with Crippen LogP contribution in [0.4, 0.5) is 0 Å². The molecule has 0 saturated heterocycles. The summed E-state index contributed by atoms with van der Waals surface area (Å²) in [5.74, 6) is -1.07. The lowest BCUT2D eigenvalue weighted by atomic mass is 10.0. The predicted molar refractivity (Wildman–Crippen MR) is 279 cm³/mol. The molecule has 0 aromatic rings. The first-order chi connectivity index (χ1) is 32.0. The van der Waals surface area contributed by atoms with Crippen molar-refractivity contribution in [2.24, 2.45) is 0 Å². The van der Waals surface area contributed by atoms with Crippen LogP contribution in [0.1, 0.15) is 226 Å². The second kappa shape index (κ2) is 52.7. The maximum atomic E-state index is 12.7. The van der Waals surface area contributed by atoms with Crippen LogP contribution in [0.2, 0.25) is 0 Å². The first kappa shape index (κ1) is 61.1. The van der Waals surface area contributed by atoms with Gasteiger partial charge in [0, 0.05) is 12.8 Å². The molecule has 0 radical (unpaired) electrons. The minimum absolute atomic E-state index is 0.0916. The van der Waals surface area contributed by atoms with E-state index in [-0.39, 0.29) is 31.6 Å². The second-order valence-electron chi connectivity index (χ2n) is 17.0. The maximum absolute atomic E-state index is 12.7. The molecule has 0 spiro atoms. The molecule has 0 fully saturated rings. The quantitative estimate of drug-likeness (QED) is 0.0262. The Hall–Kier alpha value is -3.93. The largest absolute Gasteiger partial charge is 0.462 e. The van der Waals surface area contributed by atoms with E-state index in [0.29, 0.717) is 19.3 Å². The zero-order chi connectivity index (χ0) is 47.2. The average molecular weight is 901 g/mol. The lowest BCUT2D eigenvalue weighted by Crippen LogP contribution is -2.30. The molecule has 0 aliphatic carbocycles. The van der Waals surface area contributed by atoms with Gasteiger partial charge >= 0.3 is 17.9 Å². The Balaban J connectivity index is 4.52. The number of esters is 3. The first-order valence-corrected chi connectivity index (χ1v) is 26.4. The third-order valence-electron chi connectivity index (χ3n) is 10.8. The van der Waals surface area contributed by atoms with Crippen LogP contribution >= 0.6 is 0 Å². The molecule has 6 heteroatoms. The molecular formula is C59H96O6. The van der Waals surface area contributed by atoms with Gasteiger partial charge in [-0.2, -0.15) is 0 Å². The van der Waals surface area contributed by atoms with Crippen LogP contribution in [-0.2, 0) is 28.6 Å².